The molecule has 0 fully saturated rings. The average Bonchev–Trinajstić information content (AvgIpc) is 3.04. The van der Waals surface area contributed by atoms with Gasteiger partial charge in [0.05, 0.1) is 23.9 Å². The summed E-state index contributed by atoms with van der Waals surface area (Å²) in [4.78, 5) is 41.5. The minimum atomic E-state index is -1.48. The van der Waals surface area contributed by atoms with E-state index in [1.165, 1.54) is 32.8 Å². The molecule has 0 spiro atoms. The molecule has 0 aliphatic carbocycles. The fourth-order valence-electron chi connectivity index (χ4n) is 4.49. The van der Waals surface area contributed by atoms with Gasteiger partial charge >= 0.3 is 102 Å². The molecule has 0 atom stereocenters. The molecular formula is C38H50O8Sn. The summed E-state index contributed by atoms with van der Waals surface area (Å²) in [5, 5.41) is 41.5. The summed E-state index contributed by atoms with van der Waals surface area (Å²) < 4.78 is 2.69. The third-order valence-corrected chi connectivity index (χ3v) is 10.8. The van der Waals surface area contributed by atoms with Crippen LogP contribution in [0.25, 0.3) is 0 Å². The molecular weight excluding hydrogens is 703 g/mol. The Hall–Kier alpha value is -3.40. The van der Waals surface area contributed by atoms with Crippen molar-refractivity contribution in [3.05, 3.63) is 95.1 Å². The summed E-state index contributed by atoms with van der Waals surface area (Å²) in [5.74, 6) is -5.80. The van der Waals surface area contributed by atoms with Crippen molar-refractivity contribution in [3.63, 3.8) is 0 Å². The Labute approximate surface area is 291 Å². The third-order valence-electron chi connectivity index (χ3n) is 7.05. The van der Waals surface area contributed by atoms with E-state index in [0.717, 1.165) is 51.4 Å². The molecule has 0 amide bonds. The van der Waals surface area contributed by atoms with E-state index in [-0.39, 0.29) is 45.1 Å². The van der Waals surface area contributed by atoms with Gasteiger partial charge in [0, 0.05) is 0 Å². The van der Waals surface area contributed by atoms with Crippen LogP contribution in [0.2, 0.25) is 0 Å². The predicted molar refractivity (Wildman–Crippen MR) is 178 cm³/mol. The van der Waals surface area contributed by atoms with Gasteiger partial charge in [0.15, 0.2) is 0 Å². The number of carboxylic acid groups (broad SMARTS) is 4. The van der Waals surface area contributed by atoms with Crippen molar-refractivity contribution in [3.8, 4) is 0 Å². The van der Waals surface area contributed by atoms with Crippen LogP contribution < -0.4 is 20.4 Å². The van der Waals surface area contributed by atoms with Crippen LogP contribution >= 0.6 is 0 Å². The van der Waals surface area contributed by atoms with Crippen LogP contribution in [-0.2, 0) is 28.1 Å². The first kappa shape index (κ1) is 43.6. The van der Waals surface area contributed by atoms with Crippen LogP contribution in [0, 0.1) is 0 Å². The molecule has 2 rings (SSSR count). The van der Waals surface area contributed by atoms with E-state index in [1.54, 1.807) is 0 Å². The van der Waals surface area contributed by atoms with Crippen molar-refractivity contribution < 1.29 is 39.6 Å². The van der Waals surface area contributed by atoms with E-state index < -0.39 is 23.9 Å². The quantitative estimate of drug-likeness (QED) is 0.101. The standard InChI is InChI=1S/2C12H20O4.2C7H7.Sn/c2*1-2-3-4-5-6-7-8-10(12(15)16)9-11(13)14;2*1-7-5-3-2-4-6-7;/h2*9H,2-8H2,1H3,(H,13,14)(H,15,16);2*2-6H,1H2;/q;;;;+4/p-4/b2*10-9-;;;. The third kappa shape index (κ3) is 27.4. The molecule has 0 unspecified atom stereocenters. The van der Waals surface area contributed by atoms with Crippen molar-refractivity contribution in [2.75, 3.05) is 0 Å². The summed E-state index contributed by atoms with van der Waals surface area (Å²) in [6.45, 7) is 4.24. The van der Waals surface area contributed by atoms with E-state index in [4.69, 9.17) is 0 Å². The Morgan fingerprint density at radius 1 is 0.511 bits per heavy atom. The Morgan fingerprint density at radius 2 is 0.830 bits per heavy atom. The number of carbonyl (C=O) groups excluding carboxylic acids is 4. The number of unbranched alkanes of at least 4 members (excludes halogenated alkanes) is 10. The molecule has 0 saturated carbocycles. The van der Waals surface area contributed by atoms with Crippen molar-refractivity contribution >= 4 is 45.0 Å². The van der Waals surface area contributed by atoms with Gasteiger partial charge in [0.2, 0.25) is 0 Å². The summed E-state index contributed by atoms with van der Waals surface area (Å²) in [7, 11) is 0. The van der Waals surface area contributed by atoms with Crippen LogP contribution in [0.4, 0.5) is 0 Å². The number of hydrogen-bond acceptors (Lipinski definition) is 8. The van der Waals surface area contributed by atoms with Crippen LogP contribution in [0.5, 0.6) is 0 Å². The fourth-order valence-corrected chi connectivity index (χ4v) is 7.84. The zero-order valence-corrected chi connectivity index (χ0v) is 30.9. The second kappa shape index (κ2) is 30.0. The Bertz CT molecular complexity index is 1100. The van der Waals surface area contributed by atoms with E-state index in [9.17, 15) is 39.6 Å². The topological polar surface area (TPSA) is 161 Å². The Balaban J connectivity index is 0.000000675. The molecule has 2 aromatic rings. The molecule has 47 heavy (non-hydrogen) atoms. The molecule has 6 radical (unpaired) electrons. The summed E-state index contributed by atoms with van der Waals surface area (Å²) in [5.41, 5.74) is 2.66. The maximum absolute atomic E-state index is 10.5. The number of benzene rings is 2. The molecule has 0 aliphatic heterocycles. The fraction of sp³-hybridized carbons (Fsp3) is 0.474. The van der Waals surface area contributed by atoms with Gasteiger partial charge in [-0.1, -0.05) is 78.1 Å². The normalized spacial score (nSPS) is 11.0. The predicted octanol–water partition coefficient (Wildman–Crippen LogP) is 3.42. The monoisotopic (exact) mass is 754 g/mol. The number of carbonyl (C=O) groups is 4. The number of hydrogen-bond donors (Lipinski definition) is 0. The zero-order valence-electron chi connectivity index (χ0n) is 28.0. The van der Waals surface area contributed by atoms with Crippen molar-refractivity contribution in [2.24, 2.45) is 0 Å². The molecule has 0 bridgehead atoms. The van der Waals surface area contributed by atoms with Gasteiger partial charge in [-0.2, -0.15) is 0 Å². The van der Waals surface area contributed by atoms with E-state index in [2.05, 4.69) is 74.5 Å². The maximum atomic E-state index is 10.5. The first-order valence-corrected chi connectivity index (χ1v) is 20.7. The molecule has 0 saturated heterocycles. The Morgan fingerprint density at radius 3 is 1.13 bits per heavy atom. The summed E-state index contributed by atoms with van der Waals surface area (Å²) >= 11 is -0.258. The van der Waals surface area contributed by atoms with Gasteiger partial charge in [-0.25, -0.2) is 0 Å². The van der Waals surface area contributed by atoms with Crippen molar-refractivity contribution in [2.45, 2.75) is 113 Å². The molecule has 0 aromatic heterocycles. The molecule has 9 heteroatoms. The van der Waals surface area contributed by atoms with Crippen LogP contribution in [0.1, 0.15) is 115 Å². The van der Waals surface area contributed by atoms with Gasteiger partial charge in [0.25, 0.3) is 0 Å². The second-order valence-electron chi connectivity index (χ2n) is 11.2. The van der Waals surface area contributed by atoms with E-state index in [0.29, 0.717) is 25.0 Å². The van der Waals surface area contributed by atoms with Crippen LogP contribution in [-0.4, -0.2) is 45.0 Å². The van der Waals surface area contributed by atoms with E-state index in [1.807, 2.05) is 0 Å². The summed E-state index contributed by atoms with van der Waals surface area (Å²) in [6, 6.07) is 21.7. The van der Waals surface area contributed by atoms with Gasteiger partial charge in [0.1, 0.15) is 0 Å². The van der Waals surface area contributed by atoms with Crippen LogP contribution in [0.15, 0.2) is 84.0 Å². The average molecular weight is 754 g/mol. The van der Waals surface area contributed by atoms with Gasteiger partial charge in [-0.15, -0.1) is 0 Å². The molecule has 0 N–H and O–H groups in total. The first-order chi connectivity index (χ1) is 22.6. The molecule has 2 aromatic carbocycles. The van der Waals surface area contributed by atoms with Crippen molar-refractivity contribution in [1.29, 1.82) is 0 Å². The van der Waals surface area contributed by atoms with Crippen molar-refractivity contribution in [1.82, 2.24) is 0 Å². The minimum absolute atomic E-state index is 0.185. The first-order valence-electron chi connectivity index (χ1n) is 16.6. The number of carboxylic acids is 4. The molecule has 0 aliphatic rings. The summed E-state index contributed by atoms with van der Waals surface area (Å²) in [6.07, 6.45) is 14.0. The number of aliphatic carboxylic acids is 4. The van der Waals surface area contributed by atoms with Gasteiger partial charge < -0.3 is 39.6 Å². The second-order valence-corrected chi connectivity index (χ2v) is 14.6. The molecule has 0 heterocycles. The Kier molecular flexibility index (Phi) is 27.8. The molecule has 254 valence electrons. The number of rotatable bonds is 22. The SMILES string of the molecule is CCCCCCCC/C(=C/C(=O)[O-])C(=O)[O-].CCCCCCCC/C(=C/C(=O)[O-])C(=O)[O-].c1ccc([CH2][Sn+4][CH2]c2ccccc2)cc1. The molecule has 8 nitrogen and oxygen atoms in total. The van der Waals surface area contributed by atoms with Gasteiger partial charge in [-0.3, -0.25) is 0 Å². The van der Waals surface area contributed by atoms with Crippen LogP contribution in [0.3, 0.4) is 0 Å². The van der Waals surface area contributed by atoms with E-state index >= 15 is 0 Å². The zero-order chi connectivity index (χ0) is 35.1. The van der Waals surface area contributed by atoms with Gasteiger partial charge in [-0.05, 0) is 49.0 Å².